The van der Waals surface area contributed by atoms with Crippen molar-refractivity contribution in [1.29, 1.82) is 0 Å². The quantitative estimate of drug-likeness (QED) is 0.691. The van der Waals surface area contributed by atoms with E-state index in [1.807, 2.05) is 32.9 Å². The molecule has 2 nitrogen and oxygen atoms in total. The van der Waals surface area contributed by atoms with E-state index in [4.69, 9.17) is 16.0 Å². The van der Waals surface area contributed by atoms with Crippen LogP contribution in [0.2, 0.25) is 5.02 Å². The summed E-state index contributed by atoms with van der Waals surface area (Å²) in [5.74, 6) is 0.357. The molecule has 2 aromatic rings. The van der Waals surface area contributed by atoms with Crippen molar-refractivity contribution in [3.8, 4) is 0 Å². The number of furan rings is 1. The second kappa shape index (κ2) is 3.63. The normalized spacial score (nSPS) is 12.0. The molecule has 3 heteroatoms. The number of benzene rings is 1. The molecule has 2 rings (SSSR count). The molecule has 0 aliphatic carbocycles. The van der Waals surface area contributed by atoms with Crippen LogP contribution in [-0.2, 0) is 0 Å². The van der Waals surface area contributed by atoms with Crippen molar-refractivity contribution in [2.45, 2.75) is 20.8 Å². The van der Waals surface area contributed by atoms with E-state index in [2.05, 4.69) is 0 Å². The van der Waals surface area contributed by atoms with Crippen LogP contribution in [0.5, 0.6) is 0 Å². The predicted octanol–water partition coefficient (Wildman–Crippen LogP) is 4.32. The van der Waals surface area contributed by atoms with Crippen LogP contribution in [0.25, 0.3) is 11.0 Å². The molecule has 0 spiro atoms. The topological polar surface area (TPSA) is 30.2 Å². The maximum Gasteiger partial charge on any atom is 0.203 e. The molecule has 84 valence electrons. The Labute approximate surface area is 99.2 Å². The third-order valence-electron chi connectivity index (χ3n) is 2.40. The Morgan fingerprint density at radius 3 is 2.56 bits per heavy atom. The van der Waals surface area contributed by atoms with E-state index >= 15 is 0 Å². The first-order valence-corrected chi connectivity index (χ1v) is 5.50. The molecule has 1 aromatic heterocycles. The van der Waals surface area contributed by atoms with Gasteiger partial charge in [0.1, 0.15) is 0 Å². The fourth-order valence-electron chi connectivity index (χ4n) is 1.51. The number of ketones is 1. The summed E-state index contributed by atoms with van der Waals surface area (Å²) >= 11 is 5.98. The highest BCUT2D eigenvalue weighted by Gasteiger charge is 2.26. The molecule has 0 atom stereocenters. The van der Waals surface area contributed by atoms with E-state index in [1.54, 1.807) is 12.1 Å². The van der Waals surface area contributed by atoms with Crippen LogP contribution >= 0.6 is 11.6 Å². The first-order chi connectivity index (χ1) is 7.39. The van der Waals surface area contributed by atoms with Crippen molar-refractivity contribution in [2.75, 3.05) is 0 Å². The number of fused-ring (bicyclic) bond motifs is 1. The number of carbonyl (C=O) groups excluding carboxylic acids is 1. The average Bonchev–Trinajstić information content (AvgIpc) is 2.60. The van der Waals surface area contributed by atoms with E-state index in [-0.39, 0.29) is 5.78 Å². The summed E-state index contributed by atoms with van der Waals surface area (Å²) in [6, 6.07) is 7.21. The maximum absolute atomic E-state index is 12.0. The van der Waals surface area contributed by atoms with Crippen molar-refractivity contribution in [2.24, 2.45) is 5.41 Å². The molecule has 0 aliphatic heterocycles. The number of hydrogen-bond donors (Lipinski definition) is 0. The summed E-state index contributed by atoms with van der Waals surface area (Å²) in [7, 11) is 0. The lowest BCUT2D eigenvalue weighted by Gasteiger charge is -2.13. The van der Waals surface area contributed by atoms with Gasteiger partial charge in [0.2, 0.25) is 5.78 Å². The number of Topliss-reactive ketones (excluding diaryl/α,β-unsaturated/α-hetero) is 1. The summed E-state index contributed by atoms with van der Waals surface area (Å²) in [6.07, 6.45) is 0. The molecular weight excluding hydrogens is 224 g/mol. The summed E-state index contributed by atoms with van der Waals surface area (Å²) in [5, 5.41) is 1.39. The van der Waals surface area contributed by atoms with Gasteiger partial charge in [0.25, 0.3) is 0 Å². The minimum absolute atomic E-state index is 0.0141. The van der Waals surface area contributed by atoms with E-state index in [0.29, 0.717) is 16.4 Å². The monoisotopic (exact) mass is 236 g/mol. The van der Waals surface area contributed by atoms with Gasteiger partial charge in [-0.05, 0) is 12.1 Å². The van der Waals surface area contributed by atoms with Gasteiger partial charge in [-0.2, -0.15) is 0 Å². The van der Waals surface area contributed by atoms with E-state index in [0.717, 1.165) is 5.39 Å². The Hall–Kier alpha value is -1.28. The highest BCUT2D eigenvalue weighted by Crippen LogP contribution is 2.30. The zero-order valence-corrected chi connectivity index (χ0v) is 10.3. The third-order valence-corrected chi connectivity index (χ3v) is 2.70. The highest BCUT2D eigenvalue weighted by atomic mass is 35.5. The largest absolute Gasteiger partial charge is 0.451 e. The SMILES string of the molecule is CC(C)(C)C(=O)c1cc2cccc(Cl)c2o1. The Bertz CT molecular complexity index is 547. The van der Waals surface area contributed by atoms with Gasteiger partial charge in [0.05, 0.1) is 5.02 Å². The number of rotatable bonds is 1. The number of para-hydroxylation sites is 1. The zero-order valence-electron chi connectivity index (χ0n) is 9.50. The average molecular weight is 237 g/mol. The molecule has 0 bridgehead atoms. The van der Waals surface area contributed by atoms with Crippen LogP contribution in [0.4, 0.5) is 0 Å². The lowest BCUT2D eigenvalue weighted by molar-refractivity contribution is 0.0831. The molecule has 0 unspecified atom stereocenters. The molecule has 0 aliphatic rings. The number of halogens is 1. The fourth-order valence-corrected chi connectivity index (χ4v) is 1.73. The van der Waals surface area contributed by atoms with Gasteiger partial charge in [-0.1, -0.05) is 44.5 Å². The van der Waals surface area contributed by atoms with Crippen LogP contribution in [-0.4, -0.2) is 5.78 Å². The van der Waals surface area contributed by atoms with Crippen molar-refractivity contribution >= 4 is 28.4 Å². The molecule has 16 heavy (non-hydrogen) atoms. The van der Waals surface area contributed by atoms with Crippen LogP contribution < -0.4 is 0 Å². The molecule has 0 amide bonds. The summed E-state index contributed by atoms with van der Waals surface area (Å²) in [4.78, 5) is 12.0. The van der Waals surface area contributed by atoms with Crippen molar-refractivity contribution in [3.63, 3.8) is 0 Å². The van der Waals surface area contributed by atoms with Crippen LogP contribution in [0.15, 0.2) is 28.7 Å². The molecule has 0 fully saturated rings. The Kier molecular flexibility index (Phi) is 2.55. The molecular formula is C13H13ClO2. The standard InChI is InChI=1S/C13H13ClO2/c1-13(2,3)12(15)10-7-8-5-4-6-9(14)11(8)16-10/h4-7H,1-3H3. The Morgan fingerprint density at radius 1 is 1.31 bits per heavy atom. The molecule has 0 saturated heterocycles. The molecule has 0 N–H and O–H groups in total. The van der Waals surface area contributed by atoms with Gasteiger partial charge in [0, 0.05) is 10.8 Å². The van der Waals surface area contributed by atoms with Gasteiger partial charge in [-0.3, -0.25) is 4.79 Å². The molecule has 0 radical (unpaired) electrons. The minimum atomic E-state index is -0.444. The van der Waals surface area contributed by atoms with Gasteiger partial charge in [0.15, 0.2) is 11.3 Å². The fraction of sp³-hybridized carbons (Fsp3) is 0.308. The summed E-state index contributed by atoms with van der Waals surface area (Å²) in [6.45, 7) is 5.60. The van der Waals surface area contributed by atoms with Crippen LogP contribution in [0.1, 0.15) is 31.3 Å². The van der Waals surface area contributed by atoms with Crippen molar-refractivity contribution in [1.82, 2.24) is 0 Å². The zero-order chi connectivity index (χ0) is 11.9. The smallest absolute Gasteiger partial charge is 0.203 e. The molecule has 0 saturated carbocycles. The highest BCUT2D eigenvalue weighted by molar-refractivity contribution is 6.34. The third kappa shape index (κ3) is 1.85. The first kappa shape index (κ1) is 11.2. The Balaban J connectivity index is 2.56. The molecule has 1 heterocycles. The van der Waals surface area contributed by atoms with Crippen molar-refractivity contribution < 1.29 is 9.21 Å². The lowest BCUT2D eigenvalue weighted by Crippen LogP contribution is -2.19. The number of hydrogen-bond acceptors (Lipinski definition) is 2. The van der Waals surface area contributed by atoms with Crippen molar-refractivity contribution in [3.05, 3.63) is 35.0 Å². The summed E-state index contributed by atoms with van der Waals surface area (Å²) in [5.41, 5.74) is 0.136. The Morgan fingerprint density at radius 2 is 2.00 bits per heavy atom. The predicted molar refractivity (Wildman–Crippen MR) is 65.0 cm³/mol. The lowest BCUT2D eigenvalue weighted by atomic mass is 9.89. The first-order valence-electron chi connectivity index (χ1n) is 5.12. The number of carbonyl (C=O) groups is 1. The van der Waals surface area contributed by atoms with Gasteiger partial charge in [-0.25, -0.2) is 0 Å². The van der Waals surface area contributed by atoms with E-state index in [9.17, 15) is 4.79 Å². The van der Waals surface area contributed by atoms with E-state index in [1.165, 1.54) is 0 Å². The van der Waals surface area contributed by atoms with Gasteiger partial charge >= 0.3 is 0 Å². The van der Waals surface area contributed by atoms with E-state index < -0.39 is 5.41 Å². The summed E-state index contributed by atoms with van der Waals surface area (Å²) < 4.78 is 5.51. The van der Waals surface area contributed by atoms with Gasteiger partial charge in [-0.15, -0.1) is 0 Å². The second-order valence-corrected chi connectivity index (χ2v) is 5.26. The minimum Gasteiger partial charge on any atom is -0.451 e. The van der Waals surface area contributed by atoms with Crippen LogP contribution in [0.3, 0.4) is 0 Å². The molecule has 1 aromatic carbocycles. The second-order valence-electron chi connectivity index (χ2n) is 4.85. The van der Waals surface area contributed by atoms with Crippen LogP contribution in [0, 0.1) is 5.41 Å². The van der Waals surface area contributed by atoms with Gasteiger partial charge < -0.3 is 4.42 Å². The maximum atomic E-state index is 12.0.